The fraction of sp³-hybridized carbons (Fsp3) is 0.304. The van der Waals surface area contributed by atoms with Crippen molar-refractivity contribution in [1.82, 2.24) is 20.1 Å². The molecule has 164 valence electrons. The van der Waals surface area contributed by atoms with Crippen molar-refractivity contribution in [2.75, 3.05) is 13.2 Å². The number of benzene rings is 2. The Morgan fingerprint density at radius 2 is 1.97 bits per heavy atom. The van der Waals surface area contributed by atoms with Crippen LogP contribution in [0.4, 0.5) is 8.78 Å². The second-order valence-corrected chi connectivity index (χ2v) is 7.92. The van der Waals surface area contributed by atoms with Crippen LogP contribution in [-0.2, 0) is 13.1 Å². The van der Waals surface area contributed by atoms with E-state index in [1.807, 2.05) is 0 Å². The van der Waals surface area contributed by atoms with Gasteiger partial charge in [0.2, 0.25) is 0 Å². The average Bonchev–Trinajstić information content (AvgIpc) is 3.18. The summed E-state index contributed by atoms with van der Waals surface area (Å²) >= 11 is 0. The highest BCUT2D eigenvalue weighted by Gasteiger charge is 2.40. The van der Waals surface area contributed by atoms with Crippen molar-refractivity contribution in [2.24, 2.45) is 4.99 Å². The molecule has 2 unspecified atom stereocenters. The summed E-state index contributed by atoms with van der Waals surface area (Å²) in [6.07, 6.45) is 1.94. The van der Waals surface area contributed by atoms with Gasteiger partial charge in [-0.2, -0.15) is 5.10 Å². The van der Waals surface area contributed by atoms with Gasteiger partial charge in [0, 0.05) is 36.9 Å². The molecular weight excluding hydrogens is 416 g/mol. The molecule has 1 aromatic heterocycles. The van der Waals surface area contributed by atoms with Crippen LogP contribution in [-0.4, -0.2) is 44.5 Å². The van der Waals surface area contributed by atoms with Gasteiger partial charge in [-0.3, -0.25) is 9.79 Å². The summed E-state index contributed by atoms with van der Waals surface area (Å²) in [5.74, 6) is -0.904. The molecule has 0 spiro atoms. The van der Waals surface area contributed by atoms with E-state index in [0.717, 1.165) is 5.56 Å². The van der Waals surface area contributed by atoms with Crippen LogP contribution in [0.15, 0.2) is 47.7 Å². The first-order chi connectivity index (χ1) is 15.6. The Hall–Kier alpha value is -3.30. The van der Waals surface area contributed by atoms with Crippen molar-refractivity contribution in [3.63, 3.8) is 0 Å². The van der Waals surface area contributed by atoms with Crippen molar-refractivity contribution < 1.29 is 18.7 Å². The lowest BCUT2D eigenvalue weighted by Crippen LogP contribution is -2.33. The van der Waals surface area contributed by atoms with E-state index in [-0.39, 0.29) is 30.8 Å². The number of aliphatic hydroxyl groups excluding tert-OH is 1. The molecule has 3 heterocycles. The molecule has 0 aliphatic carbocycles. The number of aliphatic hydroxyl groups is 1. The zero-order valence-corrected chi connectivity index (χ0v) is 17.1. The first-order valence-electron chi connectivity index (χ1n) is 10.4. The van der Waals surface area contributed by atoms with Gasteiger partial charge in [-0.25, -0.2) is 18.4 Å². The van der Waals surface area contributed by atoms with Gasteiger partial charge in [0.1, 0.15) is 30.3 Å². The summed E-state index contributed by atoms with van der Waals surface area (Å²) < 4.78 is 29.7. The molecule has 2 aliphatic heterocycles. The van der Waals surface area contributed by atoms with Crippen molar-refractivity contribution in [3.05, 3.63) is 82.4 Å². The molecule has 0 amide bonds. The number of Topliss-reactive ketones (excluding diaryl/α,β-unsaturated/α-hetero) is 1. The molecule has 32 heavy (non-hydrogen) atoms. The van der Waals surface area contributed by atoms with Crippen LogP contribution in [0.1, 0.15) is 51.3 Å². The summed E-state index contributed by atoms with van der Waals surface area (Å²) in [5.41, 5.74) is 3.02. The number of carbonyl (C=O) groups excluding carboxylic acids is 1. The molecule has 0 fully saturated rings. The number of aliphatic imine (C=N–C) groups is 1. The lowest BCUT2D eigenvalue weighted by Gasteiger charge is -2.29. The Bertz CT molecular complexity index is 1210. The number of aromatic nitrogens is 3. The lowest BCUT2D eigenvalue weighted by atomic mass is 9.82. The van der Waals surface area contributed by atoms with Gasteiger partial charge in [-0.05, 0) is 41.8 Å². The summed E-state index contributed by atoms with van der Waals surface area (Å²) in [6.45, 7) is 0.678. The highest BCUT2D eigenvalue weighted by Crippen LogP contribution is 2.40. The van der Waals surface area contributed by atoms with E-state index in [1.165, 1.54) is 30.6 Å². The van der Waals surface area contributed by atoms with Gasteiger partial charge in [0.15, 0.2) is 5.78 Å². The Kier molecular flexibility index (Phi) is 5.36. The number of hydrogen-bond donors (Lipinski definition) is 2. The van der Waals surface area contributed by atoms with Crippen LogP contribution in [0.5, 0.6) is 0 Å². The lowest BCUT2D eigenvalue weighted by molar-refractivity contribution is 0.0999. The summed E-state index contributed by atoms with van der Waals surface area (Å²) in [6, 6.07) is 8.48. The standard InChI is InChI=1S/C23H21F2N5O2/c24-15-4-2-13(3-5-15)21-20(23-28-12-29-30(23)6-1-7-31)22-19-14(10-26-21)8-16(25)9-17(19)18(32)11-27-22/h2-5,8-9,12,20-21,26,31H,1,6-7,10-11H2. The minimum Gasteiger partial charge on any atom is -0.396 e. The average molecular weight is 437 g/mol. The summed E-state index contributed by atoms with van der Waals surface area (Å²) in [4.78, 5) is 21.7. The predicted octanol–water partition coefficient (Wildman–Crippen LogP) is 2.55. The molecule has 7 nitrogen and oxygen atoms in total. The first-order valence-corrected chi connectivity index (χ1v) is 10.4. The number of nitrogens with one attached hydrogen (secondary N) is 1. The Labute approximate surface area is 182 Å². The van der Waals surface area contributed by atoms with Gasteiger partial charge < -0.3 is 10.4 Å². The molecule has 0 bridgehead atoms. The molecule has 5 rings (SSSR count). The monoisotopic (exact) mass is 437 g/mol. The van der Waals surface area contributed by atoms with E-state index in [2.05, 4.69) is 20.4 Å². The molecule has 3 aromatic rings. The summed E-state index contributed by atoms with van der Waals surface area (Å²) in [5, 5.41) is 17.1. The molecule has 0 radical (unpaired) electrons. The zero-order valence-electron chi connectivity index (χ0n) is 17.1. The second-order valence-electron chi connectivity index (χ2n) is 7.92. The molecule has 9 heteroatoms. The van der Waals surface area contributed by atoms with Gasteiger partial charge in [-0.15, -0.1) is 0 Å². The van der Waals surface area contributed by atoms with Crippen molar-refractivity contribution in [3.8, 4) is 0 Å². The normalized spacial score (nSPS) is 20.0. The van der Waals surface area contributed by atoms with E-state index in [9.17, 15) is 18.7 Å². The quantitative estimate of drug-likeness (QED) is 0.640. The Balaban J connectivity index is 1.71. The Morgan fingerprint density at radius 3 is 2.75 bits per heavy atom. The number of halogens is 2. The molecule has 2 N–H and O–H groups in total. The van der Waals surface area contributed by atoms with Crippen LogP contribution in [0, 0.1) is 11.6 Å². The largest absolute Gasteiger partial charge is 0.396 e. The highest BCUT2D eigenvalue weighted by molar-refractivity contribution is 6.18. The van der Waals surface area contributed by atoms with Crippen molar-refractivity contribution in [1.29, 1.82) is 0 Å². The third kappa shape index (κ3) is 3.53. The van der Waals surface area contributed by atoms with E-state index in [1.54, 1.807) is 16.8 Å². The number of aryl methyl sites for hydroxylation is 1. The maximum atomic E-state index is 14.3. The molecular formula is C23H21F2N5O2. The van der Waals surface area contributed by atoms with Crippen LogP contribution < -0.4 is 5.32 Å². The number of hydrogen-bond acceptors (Lipinski definition) is 6. The predicted molar refractivity (Wildman–Crippen MR) is 113 cm³/mol. The maximum Gasteiger partial charge on any atom is 0.184 e. The van der Waals surface area contributed by atoms with Gasteiger partial charge in [0.05, 0.1) is 11.6 Å². The second kappa shape index (κ2) is 8.33. The van der Waals surface area contributed by atoms with Crippen LogP contribution >= 0.6 is 0 Å². The van der Waals surface area contributed by atoms with Gasteiger partial charge >= 0.3 is 0 Å². The SMILES string of the molecule is O=C1CN=C2c3c(cc(F)cc31)CNC(c1ccc(F)cc1)C2c1ncnn1CCCO. The van der Waals surface area contributed by atoms with Crippen molar-refractivity contribution in [2.45, 2.75) is 31.5 Å². The minimum absolute atomic E-state index is 0.00527. The van der Waals surface area contributed by atoms with Crippen LogP contribution in [0.2, 0.25) is 0 Å². The van der Waals surface area contributed by atoms with E-state index < -0.39 is 11.7 Å². The maximum absolute atomic E-state index is 14.3. The van der Waals surface area contributed by atoms with Gasteiger partial charge in [-0.1, -0.05) is 12.1 Å². The number of rotatable bonds is 5. The van der Waals surface area contributed by atoms with Crippen molar-refractivity contribution >= 4 is 11.5 Å². The zero-order chi connectivity index (χ0) is 22.2. The smallest absolute Gasteiger partial charge is 0.184 e. The Morgan fingerprint density at radius 1 is 1.16 bits per heavy atom. The van der Waals surface area contributed by atoms with Gasteiger partial charge in [0.25, 0.3) is 0 Å². The van der Waals surface area contributed by atoms with Crippen LogP contribution in [0.25, 0.3) is 0 Å². The number of carbonyl (C=O) groups is 1. The third-order valence-corrected chi connectivity index (χ3v) is 5.96. The van der Waals surface area contributed by atoms with E-state index in [4.69, 9.17) is 0 Å². The minimum atomic E-state index is -0.474. The first kappa shape index (κ1) is 20.6. The third-order valence-electron chi connectivity index (χ3n) is 5.96. The fourth-order valence-electron chi connectivity index (χ4n) is 4.55. The topological polar surface area (TPSA) is 92.4 Å². The molecule has 0 saturated carbocycles. The van der Waals surface area contributed by atoms with Crippen LogP contribution in [0.3, 0.4) is 0 Å². The van der Waals surface area contributed by atoms with E-state index in [0.29, 0.717) is 47.7 Å². The molecule has 0 saturated heterocycles. The molecule has 2 aromatic carbocycles. The summed E-state index contributed by atoms with van der Waals surface area (Å²) in [7, 11) is 0. The fourth-order valence-corrected chi connectivity index (χ4v) is 4.55. The highest BCUT2D eigenvalue weighted by atomic mass is 19.1. The number of ketones is 1. The molecule has 2 aliphatic rings. The molecule has 2 atom stereocenters. The van der Waals surface area contributed by atoms with E-state index >= 15 is 0 Å². The number of nitrogens with zero attached hydrogens (tertiary/aromatic N) is 4.